The maximum Gasteiger partial charge on any atom is 0.330 e. The Kier molecular flexibility index (Phi) is 3.01. The van der Waals surface area contributed by atoms with E-state index in [1.54, 1.807) is 12.4 Å². The average Bonchev–Trinajstić information content (AvgIpc) is 2.90. The Morgan fingerprint density at radius 2 is 2.53 bits per heavy atom. The van der Waals surface area contributed by atoms with Crippen LogP contribution >= 0.6 is 0 Å². The molecule has 90 valence electrons. The second-order valence-electron chi connectivity index (χ2n) is 4.01. The van der Waals surface area contributed by atoms with Crippen LogP contribution in [0.1, 0.15) is 13.3 Å². The number of carbonyl (C=O) groups excluding carboxylic acids is 1. The van der Waals surface area contributed by atoms with Gasteiger partial charge in [0.25, 0.3) is 0 Å². The van der Waals surface area contributed by atoms with Gasteiger partial charge in [0.05, 0.1) is 5.54 Å². The van der Waals surface area contributed by atoms with Crippen LogP contribution in [0.2, 0.25) is 0 Å². The van der Waals surface area contributed by atoms with Crippen molar-refractivity contribution >= 4 is 18.5 Å². The Hall–Kier alpha value is -2.02. The summed E-state index contributed by atoms with van der Waals surface area (Å²) in [5.41, 5.74) is 5.22. The van der Waals surface area contributed by atoms with Crippen LogP contribution < -0.4 is 10.5 Å². The summed E-state index contributed by atoms with van der Waals surface area (Å²) < 4.78 is 4.94. The maximum atomic E-state index is 11.6. The predicted octanol–water partition coefficient (Wildman–Crippen LogP) is -0.0961. The van der Waals surface area contributed by atoms with Gasteiger partial charge >= 0.3 is 12.0 Å². The molecular formula is C10H13N5O2. The smallest absolute Gasteiger partial charge is 0.330 e. The molecule has 17 heavy (non-hydrogen) atoms. The van der Waals surface area contributed by atoms with Crippen molar-refractivity contribution in [3.63, 3.8) is 0 Å². The molecule has 0 amide bonds. The molecule has 1 aliphatic heterocycles. The predicted molar refractivity (Wildman–Crippen MR) is 62.2 cm³/mol. The molecule has 7 heteroatoms. The van der Waals surface area contributed by atoms with Gasteiger partial charge in [-0.2, -0.15) is 0 Å². The van der Waals surface area contributed by atoms with Crippen LogP contribution in [0.4, 0.5) is 0 Å². The Morgan fingerprint density at radius 1 is 1.71 bits per heavy atom. The van der Waals surface area contributed by atoms with Gasteiger partial charge in [0.2, 0.25) is 0 Å². The fourth-order valence-corrected chi connectivity index (χ4v) is 1.50. The number of esters is 1. The van der Waals surface area contributed by atoms with E-state index in [9.17, 15) is 4.79 Å². The summed E-state index contributed by atoms with van der Waals surface area (Å²) in [6.07, 6.45) is 6.50. The normalized spacial score (nSPS) is 23.9. The molecule has 2 heterocycles. The van der Waals surface area contributed by atoms with Crippen molar-refractivity contribution < 1.29 is 9.53 Å². The van der Waals surface area contributed by atoms with Gasteiger partial charge in [-0.25, -0.2) is 14.8 Å². The molecule has 0 bridgehead atoms. The van der Waals surface area contributed by atoms with Crippen LogP contribution in [-0.4, -0.2) is 40.1 Å². The van der Waals surface area contributed by atoms with Crippen LogP contribution in [-0.2, 0) is 4.79 Å². The van der Waals surface area contributed by atoms with Crippen molar-refractivity contribution in [3.05, 3.63) is 12.4 Å². The largest absolute Gasteiger partial charge is 0.391 e. The lowest BCUT2D eigenvalue weighted by molar-refractivity contribution is -0.136. The number of H-pyrrole nitrogens is 1. The quantitative estimate of drug-likeness (QED) is 0.711. The van der Waals surface area contributed by atoms with Crippen molar-refractivity contribution in [2.75, 3.05) is 0 Å². The van der Waals surface area contributed by atoms with Gasteiger partial charge in [0.1, 0.15) is 12.4 Å². The first-order valence-corrected chi connectivity index (χ1v) is 5.14. The van der Waals surface area contributed by atoms with E-state index in [-0.39, 0.29) is 6.01 Å². The lowest BCUT2D eigenvalue weighted by Gasteiger charge is -2.19. The number of hydrogen-bond donors (Lipinski definition) is 2. The van der Waals surface area contributed by atoms with E-state index in [2.05, 4.69) is 20.0 Å². The zero-order valence-corrected chi connectivity index (χ0v) is 9.33. The first-order chi connectivity index (χ1) is 8.09. The lowest BCUT2D eigenvalue weighted by Crippen LogP contribution is -2.41. The third-order valence-corrected chi connectivity index (χ3v) is 2.38. The summed E-state index contributed by atoms with van der Waals surface area (Å²) in [5.74, 6) is -0.545. The van der Waals surface area contributed by atoms with E-state index in [1.165, 1.54) is 12.5 Å². The van der Waals surface area contributed by atoms with Crippen molar-refractivity contribution in [1.29, 1.82) is 0 Å². The van der Waals surface area contributed by atoms with E-state index in [1.807, 2.05) is 6.92 Å². The molecule has 0 saturated heterocycles. The molecule has 0 aromatic carbocycles. The number of aliphatic imine (C=N–C) groups is 2. The molecule has 7 nitrogen and oxygen atoms in total. The van der Waals surface area contributed by atoms with Crippen LogP contribution in [0.25, 0.3) is 0 Å². The summed E-state index contributed by atoms with van der Waals surface area (Å²) in [4.78, 5) is 26.1. The SMILES string of the molecule is CC1(C[C@H](N)C(=O)Oc2ncc[nH]2)C=NC=N1. The summed E-state index contributed by atoms with van der Waals surface area (Å²) in [7, 11) is 0. The zero-order valence-electron chi connectivity index (χ0n) is 9.33. The number of aromatic amines is 1. The molecule has 1 aliphatic rings. The topological polar surface area (TPSA) is 106 Å². The van der Waals surface area contributed by atoms with Crippen LogP contribution in [0, 0.1) is 0 Å². The number of hydrogen-bond acceptors (Lipinski definition) is 6. The third-order valence-electron chi connectivity index (χ3n) is 2.38. The molecule has 0 saturated carbocycles. The van der Waals surface area contributed by atoms with E-state index >= 15 is 0 Å². The van der Waals surface area contributed by atoms with Crippen molar-refractivity contribution in [2.24, 2.45) is 15.7 Å². The average molecular weight is 235 g/mol. The van der Waals surface area contributed by atoms with Crippen LogP contribution in [0.15, 0.2) is 22.4 Å². The third kappa shape index (κ3) is 2.76. The Bertz CT molecular complexity index is 439. The standard InChI is InChI=1S/C10H13N5O2/c1-10(5-12-6-15-10)4-7(11)8(16)17-9-13-2-3-14-9/h2-3,5-7H,4,11H2,1H3,(H,13,14)/t7-,10?/m0/s1. The highest BCUT2D eigenvalue weighted by atomic mass is 16.5. The number of aromatic nitrogens is 2. The van der Waals surface area contributed by atoms with E-state index in [4.69, 9.17) is 10.5 Å². The van der Waals surface area contributed by atoms with Crippen molar-refractivity contribution in [3.8, 4) is 6.01 Å². The monoisotopic (exact) mass is 235 g/mol. The Balaban J connectivity index is 1.91. The number of imidazole rings is 1. The summed E-state index contributed by atoms with van der Waals surface area (Å²) in [6, 6.07) is -0.633. The molecule has 2 rings (SSSR count). The summed E-state index contributed by atoms with van der Waals surface area (Å²) >= 11 is 0. The van der Waals surface area contributed by atoms with Crippen LogP contribution in [0.3, 0.4) is 0 Å². The number of nitrogens with zero attached hydrogens (tertiary/aromatic N) is 3. The van der Waals surface area contributed by atoms with Gasteiger partial charge in [-0.3, -0.25) is 4.99 Å². The molecule has 1 aromatic heterocycles. The number of carbonyl (C=O) groups is 1. The molecule has 1 aromatic rings. The molecule has 0 fully saturated rings. The fraction of sp³-hybridized carbons (Fsp3) is 0.400. The van der Waals surface area contributed by atoms with E-state index in [0.717, 1.165) is 0 Å². The molecule has 2 atom stereocenters. The lowest BCUT2D eigenvalue weighted by atomic mass is 9.96. The molecule has 0 spiro atoms. The van der Waals surface area contributed by atoms with Gasteiger partial charge in [0, 0.05) is 25.0 Å². The molecule has 0 radical (unpaired) electrons. The van der Waals surface area contributed by atoms with Gasteiger partial charge in [-0.15, -0.1) is 0 Å². The van der Waals surface area contributed by atoms with Gasteiger partial charge < -0.3 is 15.5 Å². The second kappa shape index (κ2) is 4.46. The van der Waals surface area contributed by atoms with Gasteiger partial charge in [0.15, 0.2) is 0 Å². The summed E-state index contributed by atoms with van der Waals surface area (Å²) in [5, 5.41) is 0. The van der Waals surface area contributed by atoms with E-state index in [0.29, 0.717) is 6.42 Å². The van der Waals surface area contributed by atoms with Crippen molar-refractivity contribution in [1.82, 2.24) is 9.97 Å². The number of rotatable bonds is 4. The number of nitrogens with one attached hydrogen (secondary N) is 1. The molecule has 0 aliphatic carbocycles. The number of nitrogens with two attached hydrogens (primary N) is 1. The minimum atomic E-state index is -0.771. The first-order valence-electron chi connectivity index (χ1n) is 5.14. The van der Waals surface area contributed by atoms with E-state index < -0.39 is 17.6 Å². The van der Waals surface area contributed by atoms with Gasteiger partial charge in [-0.05, 0) is 6.92 Å². The number of ether oxygens (including phenoxy) is 1. The molecule has 1 unspecified atom stereocenters. The highest BCUT2D eigenvalue weighted by Gasteiger charge is 2.30. The fourth-order valence-electron chi connectivity index (χ4n) is 1.50. The minimum absolute atomic E-state index is 0.138. The van der Waals surface area contributed by atoms with Gasteiger partial charge in [-0.1, -0.05) is 0 Å². The molecule has 3 N–H and O–H groups in total. The molecular weight excluding hydrogens is 222 g/mol. The summed E-state index contributed by atoms with van der Waals surface area (Å²) in [6.45, 7) is 1.85. The van der Waals surface area contributed by atoms with Crippen LogP contribution in [0.5, 0.6) is 6.01 Å². The van der Waals surface area contributed by atoms with Crippen molar-refractivity contribution in [2.45, 2.75) is 24.9 Å². The first kappa shape index (κ1) is 11.5. The second-order valence-corrected chi connectivity index (χ2v) is 4.01. The maximum absolute atomic E-state index is 11.6. The highest BCUT2D eigenvalue weighted by molar-refractivity contribution is 5.87. The zero-order chi connectivity index (χ0) is 12.3. The highest BCUT2D eigenvalue weighted by Crippen LogP contribution is 2.18. The Labute approximate surface area is 97.8 Å². The Morgan fingerprint density at radius 3 is 3.12 bits per heavy atom. The minimum Gasteiger partial charge on any atom is -0.391 e.